The number of pyridine rings is 2. The number of hydrogen-bond donors (Lipinski definition) is 2. The number of nitrogens with one attached hydrogen (secondary N) is 2. The highest BCUT2D eigenvalue weighted by Gasteiger charge is 2.36. The molecule has 0 spiro atoms. The van der Waals surface area contributed by atoms with Gasteiger partial charge < -0.3 is 18.5 Å². The Bertz CT molecular complexity index is 4040. The first kappa shape index (κ1) is 63.0. The molecule has 0 saturated heterocycles. The molecule has 4 heterocycles. The van der Waals surface area contributed by atoms with Gasteiger partial charge in [0.05, 0.1) is 56.5 Å². The molecule has 16 nitrogen and oxygen atoms in total. The van der Waals surface area contributed by atoms with Gasteiger partial charge in [0.15, 0.2) is 11.6 Å². The normalized spacial score (nSPS) is 16.2. The summed E-state index contributed by atoms with van der Waals surface area (Å²) in [5.74, 6) is 0.859. The van der Waals surface area contributed by atoms with E-state index in [1.54, 1.807) is 0 Å². The maximum Gasteiger partial charge on any atom is 0.263 e. The lowest BCUT2D eigenvalue weighted by Gasteiger charge is -2.25. The predicted octanol–water partition coefficient (Wildman–Crippen LogP) is 11.4. The van der Waals surface area contributed by atoms with Crippen LogP contribution in [-0.2, 0) is 20.0 Å². The molecule has 2 saturated carbocycles. The highest BCUT2D eigenvalue weighted by atomic mass is 79.9. The minimum Gasteiger partial charge on any atom is -0.495 e. The minimum absolute atomic E-state index is 0. The molecule has 4 atom stereocenters. The number of ether oxygens (including phenoxy) is 2. The molecule has 27 heteroatoms. The number of halogens is 7. The summed E-state index contributed by atoms with van der Waals surface area (Å²) in [6.07, 6.45) is 9.07. The summed E-state index contributed by atoms with van der Waals surface area (Å²) in [4.78, 5) is 25.4. The van der Waals surface area contributed by atoms with Gasteiger partial charge in [-0.25, -0.2) is 43.2 Å². The quantitative estimate of drug-likeness (QED) is 0.0745. The van der Waals surface area contributed by atoms with Crippen molar-refractivity contribution in [3.8, 4) is 47.1 Å². The lowest BCUT2D eigenvalue weighted by molar-refractivity contribution is -0.0446. The van der Waals surface area contributed by atoms with Crippen molar-refractivity contribution in [1.29, 1.82) is 0 Å². The molecule has 4 aromatic carbocycles. The second-order valence-electron chi connectivity index (χ2n) is 18.1. The fourth-order valence-corrected chi connectivity index (χ4v) is 11.2. The number of hydrogen-bond acceptors (Lipinski definition) is 12. The largest absolute Gasteiger partial charge is 0.495 e. The van der Waals surface area contributed by atoms with Crippen LogP contribution in [0.5, 0.6) is 11.5 Å². The Morgan fingerprint density at radius 3 is 1.54 bits per heavy atom. The van der Waals surface area contributed by atoms with Crippen molar-refractivity contribution in [2.75, 3.05) is 23.7 Å². The Hall–Kier alpha value is -7.14. The van der Waals surface area contributed by atoms with Crippen molar-refractivity contribution in [1.82, 2.24) is 19.4 Å². The van der Waals surface area contributed by atoms with Crippen molar-refractivity contribution in [3.05, 3.63) is 152 Å². The molecule has 2 aliphatic rings. The third kappa shape index (κ3) is 15.1. The first-order chi connectivity index (χ1) is 37.5. The Labute approximate surface area is 475 Å². The number of sulfonamides is 2. The van der Waals surface area contributed by atoms with Gasteiger partial charge in [0.2, 0.25) is 11.8 Å². The summed E-state index contributed by atoms with van der Waals surface area (Å²) in [6.45, 7) is 0. The summed E-state index contributed by atoms with van der Waals surface area (Å²) < 4.78 is 160. The summed E-state index contributed by atoms with van der Waals surface area (Å²) in [6, 6.07) is 21.4. The molecule has 0 bridgehead atoms. The van der Waals surface area contributed by atoms with Crippen LogP contribution >= 0.6 is 35.7 Å². The van der Waals surface area contributed by atoms with Gasteiger partial charge in [-0.05, 0) is 96.2 Å². The van der Waals surface area contributed by atoms with E-state index in [1.807, 2.05) is 0 Å². The van der Waals surface area contributed by atoms with Gasteiger partial charge in [-0.2, -0.15) is 19.8 Å². The second kappa shape index (κ2) is 26.2. The second-order valence-corrected chi connectivity index (χ2v) is 22.3. The van der Waals surface area contributed by atoms with E-state index in [-0.39, 0.29) is 106 Å². The number of terminal acetylenes is 1. The molecule has 10 rings (SSSR count). The Balaban J connectivity index is 0.000000223. The lowest BCUT2D eigenvalue weighted by Crippen LogP contribution is -2.25. The molecule has 0 aliphatic heterocycles. The van der Waals surface area contributed by atoms with Crippen molar-refractivity contribution >= 4 is 89.2 Å². The summed E-state index contributed by atoms with van der Waals surface area (Å²) in [5.41, 5.74) is -0.0719. The third-order valence-corrected chi connectivity index (χ3v) is 15.9. The molecule has 428 valence electrons. The molecule has 8 aromatic rings. The first-order valence-corrected chi connectivity index (χ1v) is 27.6. The molecule has 0 radical (unpaired) electrons. The van der Waals surface area contributed by atoms with Crippen LogP contribution in [0.4, 0.5) is 38.0 Å². The number of benzene rings is 4. The van der Waals surface area contributed by atoms with Crippen molar-refractivity contribution in [2.24, 2.45) is 11.8 Å². The smallest absolute Gasteiger partial charge is 0.263 e. The minimum atomic E-state index is -4.02. The number of nitrogens with zero attached hydrogens (tertiary/aromatic N) is 4. The zero-order chi connectivity index (χ0) is 56.9. The highest BCUT2D eigenvalue weighted by Crippen LogP contribution is 2.38. The average molecular weight is 1260 g/mol. The lowest BCUT2D eigenvalue weighted by atomic mass is 9.87. The predicted molar refractivity (Wildman–Crippen MR) is 306 cm³/mol. The van der Waals surface area contributed by atoms with Crippen LogP contribution in [0.15, 0.2) is 142 Å². The monoisotopic (exact) mass is 1260 g/mol. The Morgan fingerprint density at radius 1 is 0.654 bits per heavy atom. The van der Waals surface area contributed by atoms with E-state index < -0.39 is 60.6 Å². The SMILES string of the molecule is C#CC1CCCC(F)(F)C1.COc1cc(Br)c(F)cc1-n1c(=O)ccc2cc(S(=O)(=O)Nc3ccon3)ccc21.COc1cc(C#CC2CCCC(F)(F)C2)c(F)cc1-n1c(=O)ccc2cc(S(=O)(=O)Nc3ccon3)ccc21.P.P. The van der Waals surface area contributed by atoms with Crippen LogP contribution in [0, 0.1) is 47.7 Å². The van der Waals surface area contributed by atoms with E-state index in [0.29, 0.717) is 41.1 Å². The van der Waals surface area contributed by atoms with E-state index >= 15 is 4.39 Å². The summed E-state index contributed by atoms with van der Waals surface area (Å²) in [7, 11) is -5.21. The fourth-order valence-electron chi connectivity index (χ4n) is 8.82. The van der Waals surface area contributed by atoms with Crippen molar-refractivity contribution < 1.29 is 61.7 Å². The molecular formula is C54H51BrF6N6O10P2S2. The van der Waals surface area contributed by atoms with Crippen LogP contribution in [-0.4, -0.2) is 62.3 Å². The molecule has 2 N–H and O–H groups in total. The number of anilines is 2. The van der Waals surface area contributed by atoms with E-state index in [1.165, 1.54) is 127 Å². The molecule has 81 heavy (non-hydrogen) atoms. The number of methoxy groups -OCH3 is 2. The molecular weight excluding hydrogens is 1210 g/mol. The van der Waals surface area contributed by atoms with E-state index in [4.69, 9.17) is 15.9 Å². The maximum absolute atomic E-state index is 15.2. The van der Waals surface area contributed by atoms with Crippen LogP contribution in [0.2, 0.25) is 0 Å². The third-order valence-electron chi connectivity index (χ3n) is 12.6. The fraction of sp³-hybridized carbons (Fsp3) is 0.259. The van der Waals surface area contributed by atoms with Gasteiger partial charge in [-0.3, -0.25) is 28.2 Å². The zero-order valence-corrected chi connectivity index (χ0v) is 49.1. The van der Waals surface area contributed by atoms with E-state index in [2.05, 4.69) is 62.5 Å². The molecule has 4 unspecified atom stereocenters. The van der Waals surface area contributed by atoms with Gasteiger partial charge in [-0.15, -0.1) is 12.3 Å². The standard InChI is InChI=1S/C27H22F3N3O5S.C19H13BrFN3O5S.C8H10F2.2H3P/c1-37-24-14-18(5-4-17-3-2-11-27(29,30)16-17)21(28)15-23(24)33-22-8-7-20(13-19(22)6-9-26(33)34)39(35,36)32-25-10-12-38-31-25;1-28-17-9-13(20)14(21)10-16(17)24-15-4-3-12(8-11(15)2-5-19(24)25)30(26,27)23-18-6-7-29-22-18;1-2-7-4-3-5-8(9,10)6-7;;/h6-10,12-15,17H,2-3,11,16H2,1H3,(H,31,32);2-10H,1H3,(H,22,23);1,7H,3-6H2;2*1H3. The van der Waals surface area contributed by atoms with Crippen LogP contribution < -0.4 is 30.0 Å². The number of alkyl halides is 4. The maximum atomic E-state index is 15.2. The van der Waals surface area contributed by atoms with Crippen molar-refractivity contribution in [2.45, 2.75) is 73.0 Å². The topological polar surface area (TPSA) is 207 Å². The molecule has 2 aliphatic carbocycles. The van der Waals surface area contributed by atoms with Gasteiger partial charge in [0, 0.05) is 90.8 Å². The van der Waals surface area contributed by atoms with Gasteiger partial charge in [0.1, 0.15) is 35.7 Å². The number of fused-ring (bicyclic) bond motifs is 2. The molecule has 0 amide bonds. The van der Waals surface area contributed by atoms with E-state index in [0.717, 1.165) is 12.5 Å². The van der Waals surface area contributed by atoms with Gasteiger partial charge >= 0.3 is 0 Å². The van der Waals surface area contributed by atoms with Crippen molar-refractivity contribution in [3.63, 3.8) is 0 Å². The first-order valence-electron chi connectivity index (χ1n) is 23.8. The van der Waals surface area contributed by atoms with Crippen LogP contribution in [0.25, 0.3) is 33.2 Å². The summed E-state index contributed by atoms with van der Waals surface area (Å²) >= 11 is 3.09. The molecule has 2 fully saturated rings. The van der Waals surface area contributed by atoms with Gasteiger partial charge in [0.25, 0.3) is 31.2 Å². The Morgan fingerprint density at radius 2 is 1.11 bits per heavy atom. The van der Waals surface area contributed by atoms with Gasteiger partial charge in [-0.1, -0.05) is 22.2 Å². The highest BCUT2D eigenvalue weighted by molar-refractivity contribution is 9.10. The average Bonchev–Trinajstić information content (AvgIpc) is 4.19. The van der Waals surface area contributed by atoms with E-state index in [9.17, 15) is 48.4 Å². The Kier molecular flexibility index (Phi) is 20.4. The number of rotatable bonds is 10. The number of aromatic nitrogens is 4. The zero-order valence-electron chi connectivity index (χ0n) is 43.0. The summed E-state index contributed by atoms with van der Waals surface area (Å²) in [5, 5.41) is 7.88. The van der Waals surface area contributed by atoms with Crippen LogP contribution in [0.3, 0.4) is 0 Å². The van der Waals surface area contributed by atoms with Crippen LogP contribution in [0.1, 0.15) is 56.9 Å². The molecule has 4 aromatic heterocycles.